The highest BCUT2D eigenvalue weighted by molar-refractivity contribution is 7.15. The Bertz CT molecular complexity index is 659. The van der Waals surface area contributed by atoms with Gasteiger partial charge in [0.25, 0.3) is 0 Å². The van der Waals surface area contributed by atoms with E-state index in [1.54, 1.807) is 18.4 Å². The zero-order valence-corrected chi connectivity index (χ0v) is 13.7. The first-order valence-corrected chi connectivity index (χ1v) is 7.81. The number of guanidine groups is 1. The fraction of sp³-hybridized carbons (Fsp3) is 0.235. The number of rotatable bonds is 6. The lowest BCUT2D eigenvalue weighted by Gasteiger charge is -2.04. The van der Waals surface area contributed by atoms with Crippen LogP contribution in [-0.2, 0) is 6.54 Å². The van der Waals surface area contributed by atoms with Crippen molar-refractivity contribution < 1.29 is 4.74 Å². The Morgan fingerprint density at radius 1 is 1.27 bits per heavy atom. The van der Waals surface area contributed by atoms with Crippen LogP contribution in [0.5, 0.6) is 5.75 Å². The standard InChI is InChI=1S/C17H21N3OS/c1-12(2)10-19-17(18)20-11-15-8-9-16(22-15)13-4-6-14(21-3)7-5-13/h4-9H,1,10-11H2,2-3H3,(H3,18,19,20). The van der Waals surface area contributed by atoms with E-state index in [4.69, 9.17) is 10.5 Å². The molecular weight excluding hydrogens is 294 g/mol. The number of ether oxygens (including phenoxy) is 1. The second kappa shape index (κ2) is 7.66. The lowest BCUT2D eigenvalue weighted by atomic mass is 10.2. The number of benzene rings is 1. The van der Waals surface area contributed by atoms with Crippen LogP contribution in [0.3, 0.4) is 0 Å². The fourth-order valence-corrected chi connectivity index (χ4v) is 2.77. The summed E-state index contributed by atoms with van der Waals surface area (Å²) in [5, 5.41) is 3.02. The second-order valence-corrected chi connectivity index (χ2v) is 6.17. The summed E-state index contributed by atoms with van der Waals surface area (Å²) in [5.41, 5.74) is 8.01. The van der Waals surface area contributed by atoms with Crippen LogP contribution in [0.15, 0.2) is 53.5 Å². The van der Waals surface area contributed by atoms with E-state index in [-0.39, 0.29) is 0 Å². The van der Waals surface area contributed by atoms with Crippen molar-refractivity contribution >= 4 is 17.3 Å². The molecule has 0 saturated heterocycles. The molecule has 22 heavy (non-hydrogen) atoms. The molecule has 3 N–H and O–H groups in total. The summed E-state index contributed by atoms with van der Waals surface area (Å²) in [6.07, 6.45) is 0. The number of aliphatic imine (C=N–C) groups is 1. The molecule has 4 nitrogen and oxygen atoms in total. The number of methoxy groups -OCH3 is 1. The summed E-state index contributed by atoms with van der Waals surface area (Å²) >= 11 is 1.72. The van der Waals surface area contributed by atoms with Gasteiger partial charge < -0.3 is 15.8 Å². The van der Waals surface area contributed by atoms with Crippen molar-refractivity contribution in [2.24, 2.45) is 10.7 Å². The minimum atomic E-state index is 0.447. The molecule has 0 atom stereocenters. The van der Waals surface area contributed by atoms with Gasteiger partial charge in [0.1, 0.15) is 5.75 Å². The van der Waals surface area contributed by atoms with Crippen molar-refractivity contribution in [1.82, 2.24) is 5.32 Å². The van der Waals surface area contributed by atoms with Crippen LogP contribution in [0.2, 0.25) is 0 Å². The van der Waals surface area contributed by atoms with Gasteiger partial charge in [-0.2, -0.15) is 0 Å². The van der Waals surface area contributed by atoms with Crippen LogP contribution in [-0.4, -0.2) is 19.6 Å². The molecule has 2 aromatic rings. The molecule has 2 rings (SSSR count). The third-order valence-electron chi connectivity index (χ3n) is 3.01. The molecule has 0 fully saturated rings. The molecule has 1 aromatic carbocycles. The Morgan fingerprint density at radius 3 is 2.64 bits per heavy atom. The molecular formula is C17H21N3OS. The molecule has 0 spiro atoms. The van der Waals surface area contributed by atoms with Gasteiger partial charge in [-0.15, -0.1) is 11.3 Å². The summed E-state index contributed by atoms with van der Waals surface area (Å²) in [5.74, 6) is 1.31. The summed E-state index contributed by atoms with van der Waals surface area (Å²) < 4.78 is 5.17. The normalized spacial score (nSPS) is 11.3. The van der Waals surface area contributed by atoms with Gasteiger partial charge in [-0.1, -0.05) is 12.2 Å². The molecule has 0 unspecified atom stereocenters. The third-order valence-corrected chi connectivity index (χ3v) is 4.13. The molecule has 5 heteroatoms. The fourth-order valence-electron chi connectivity index (χ4n) is 1.83. The lowest BCUT2D eigenvalue weighted by molar-refractivity contribution is 0.415. The first-order chi connectivity index (χ1) is 10.6. The molecule has 0 radical (unpaired) electrons. The Balaban J connectivity index is 1.98. The van der Waals surface area contributed by atoms with Crippen molar-refractivity contribution in [2.45, 2.75) is 13.5 Å². The van der Waals surface area contributed by atoms with Crippen molar-refractivity contribution in [3.63, 3.8) is 0 Å². The van der Waals surface area contributed by atoms with E-state index in [2.05, 4.69) is 41.2 Å². The maximum absolute atomic E-state index is 5.81. The average Bonchev–Trinajstić information content (AvgIpc) is 3.00. The highest BCUT2D eigenvalue weighted by Gasteiger charge is 2.03. The topological polar surface area (TPSA) is 59.6 Å². The van der Waals surface area contributed by atoms with E-state index in [0.717, 1.165) is 11.3 Å². The van der Waals surface area contributed by atoms with E-state index in [1.807, 2.05) is 19.1 Å². The highest BCUT2D eigenvalue weighted by atomic mass is 32.1. The molecule has 0 amide bonds. The summed E-state index contributed by atoms with van der Waals surface area (Å²) in [4.78, 5) is 6.72. The molecule has 1 aromatic heterocycles. The minimum Gasteiger partial charge on any atom is -0.497 e. The Kier molecular flexibility index (Phi) is 5.61. The Hall–Kier alpha value is -2.27. The van der Waals surface area contributed by atoms with E-state index in [0.29, 0.717) is 19.0 Å². The minimum absolute atomic E-state index is 0.447. The number of nitrogens with two attached hydrogens (primary N) is 1. The monoisotopic (exact) mass is 315 g/mol. The van der Waals surface area contributed by atoms with Crippen LogP contribution in [0.4, 0.5) is 0 Å². The molecule has 1 heterocycles. The molecule has 0 aliphatic carbocycles. The van der Waals surface area contributed by atoms with Crippen molar-refractivity contribution in [3.05, 3.63) is 53.4 Å². The quantitative estimate of drug-likeness (QED) is 0.488. The van der Waals surface area contributed by atoms with Gasteiger partial charge in [0.15, 0.2) is 5.96 Å². The van der Waals surface area contributed by atoms with E-state index >= 15 is 0 Å². The zero-order chi connectivity index (χ0) is 15.9. The second-order valence-electron chi connectivity index (χ2n) is 5.01. The number of nitrogens with one attached hydrogen (secondary N) is 1. The first kappa shape index (κ1) is 16.1. The van der Waals surface area contributed by atoms with Crippen LogP contribution < -0.4 is 15.8 Å². The van der Waals surface area contributed by atoms with Crippen molar-refractivity contribution in [1.29, 1.82) is 0 Å². The van der Waals surface area contributed by atoms with Gasteiger partial charge in [0.2, 0.25) is 0 Å². The van der Waals surface area contributed by atoms with Gasteiger partial charge in [0.05, 0.1) is 13.7 Å². The lowest BCUT2D eigenvalue weighted by Crippen LogP contribution is -2.32. The van der Waals surface area contributed by atoms with Crippen molar-refractivity contribution in [3.8, 4) is 16.2 Å². The summed E-state index contributed by atoms with van der Waals surface area (Å²) in [7, 11) is 1.67. The van der Waals surface area contributed by atoms with Gasteiger partial charge >= 0.3 is 0 Å². The van der Waals surface area contributed by atoms with Crippen LogP contribution >= 0.6 is 11.3 Å². The maximum Gasteiger partial charge on any atom is 0.189 e. The van der Waals surface area contributed by atoms with Gasteiger partial charge in [-0.25, -0.2) is 4.99 Å². The average molecular weight is 315 g/mol. The molecule has 0 bridgehead atoms. The molecule has 0 aliphatic rings. The van der Waals surface area contributed by atoms with Crippen LogP contribution in [0, 0.1) is 0 Å². The van der Waals surface area contributed by atoms with Gasteiger partial charge in [-0.05, 0) is 48.9 Å². The predicted octanol–water partition coefficient (Wildman–Crippen LogP) is 3.40. The first-order valence-electron chi connectivity index (χ1n) is 7.00. The van der Waals surface area contributed by atoms with Crippen LogP contribution in [0.1, 0.15) is 11.8 Å². The van der Waals surface area contributed by atoms with Gasteiger partial charge in [0, 0.05) is 16.3 Å². The largest absolute Gasteiger partial charge is 0.497 e. The zero-order valence-electron chi connectivity index (χ0n) is 12.9. The van der Waals surface area contributed by atoms with E-state index < -0.39 is 0 Å². The molecule has 116 valence electrons. The van der Waals surface area contributed by atoms with Crippen LogP contribution in [0.25, 0.3) is 10.4 Å². The van der Waals surface area contributed by atoms with E-state index in [1.165, 1.54) is 15.3 Å². The van der Waals surface area contributed by atoms with E-state index in [9.17, 15) is 0 Å². The number of hydrogen-bond donors (Lipinski definition) is 2. The highest BCUT2D eigenvalue weighted by Crippen LogP contribution is 2.29. The number of thiophene rings is 1. The molecule has 0 aliphatic heterocycles. The van der Waals surface area contributed by atoms with Gasteiger partial charge in [-0.3, -0.25) is 0 Å². The predicted molar refractivity (Wildman–Crippen MR) is 94.5 cm³/mol. The summed E-state index contributed by atoms with van der Waals surface area (Å²) in [6, 6.07) is 12.2. The Labute approximate surface area is 135 Å². The summed E-state index contributed by atoms with van der Waals surface area (Å²) in [6.45, 7) is 6.99. The number of hydrogen-bond acceptors (Lipinski definition) is 3. The molecule has 0 saturated carbocycles. The SMILES string of the molecule is C=C(C)CNC(N)=NCc1ccc(-c2ccc(OC)cc2)s1. The third kappa shape index (κ3) is 4.63. The maximum atomic E-state index is 5.81. The van der Waals surface area contributed by atoms with Crippen molar-refractivity contribution in [2.75, 3.05) is 13.7 Å². The number of nitrogens with zero attached hydrogens (tertiary/aromatic N) is 1. The Morgan fingerprint density at radius 2 is 2.00 bits per heavy atom. The smallest absolute Gasteiger partial charge is 0.189 e.